The normalized spacial score (nSPS) is 25.4. The molecule has 0 unspecified atom stereocenters. The number of benzene rings is 2. The molecule has 1 fully saturated rings. The first-order chi connectivity index (χ1) is 13.3. The lowest BCUT2D eigenvalue weighted by atomic mass is 10.0. The molecule has 4 nitrogen and oxygen atoms in total. The summed E-state index contributed by atoms with van der Waals surface area (Å²) in [4.78, 5) is 7.02. The summed E-state index contributed by atoms with van der Waals surface area (Å²) in [5, 5.41) is 1.07. The maximum atomic E-state index is 6.69. The average Bonchev–Trinajstić information content (AvgIpc) is 3.07. The van der Waals surface area contributed by atoms with Crippen LogP contribution in [0.5, 0.6) is 5.75 Å². The van der Waals surface area contributed by atoms with Crippen LogP contribution in [0.2, 0.25) is 0 Å². The fraction of sp³-hybridized carbons (Fsp3) is 0.348. The van der Waals surface area contributed by atoms with Crippen molar-refractivity contribution in [2.24, 2.45) is 5.73 Å². The maximum absolute atomic E-state index is 6.69. The Balaban J connectivity index is 1.52. The van der Waals surface area contributed by atoms with E-state index >= 15 is 0 Å². The molecule has 3 aromatic rings. The second kappa shape index (κ2) is 6.95. The first-order valence-corrected chi connectivity index (χ1v) is 9.87. The number of fused-ring (bicyclic) bond motifs is 2. The van der Waals surface area contributed by atoms with E-state index in [1.54, 1.807) is 0 Å². The van der Waals surface area contributed by atoms with Crippen molar-refractivity contribution in [3.63, 3.8) is 0 Å². The molecule has 2 aromatic carbocycles. The van der Waals surface area contributed by atoms with Crippen LogP contribution in [0.1, 0.15) is 30.1 Å². The van der Waals surface area contributed by atoms with E-state index in [0.717, 1.165) is 42.6 Å². The van der Waals surface area contributed by atoms with Gasteiger partial charge in [0, 0.05) is 24.2 Å². The molecule has 0 spiro atoms. The molecule has 2 N–H and O–H groups in total. The third-order valence-corrected chi connectivity index (χ3v) is 5.96. The molecule has 138 valence electrons. The monoisotopic (exact) mass is 359 g/mol. The standard InChI is InChI=1S/C23H25N3O/c24-17-7-5-13-26(15-17)21-14-16-6-1-2-8-18(16)23(21)27-22-11-3-10-20-19(22)9-4-12-25-20/h1-4,6,8-12,17,21,23H,5,7,13-15,24H2/t17-,21+,23+/m0/s1. The Labute approximate surface area is 160 Å². The largest absolute Gasteiger partial charge is 0.483 e. The molecule has 0 amide bonds. The maximum Gasteiger partial charge on any atom is 0.140 e. The summed E-state index contributed by atoms with van der Waals surface area (Å²) in [6.45, 7) is 2.05. The molecule has 3 atom stereocenters. The fourth-order valence-electron chi connectivity index (χ4n) is 4.66. The van der Waals surface area contributed by atoms with Crippen LogP contribution in [0.25, 0.3) is 10.9 Å². The second-order valence-electron chi connectivity index (χ2n) is 7.73. The molecule has 0 bridgehead atoms. The highest BCUT2D eigenvalue weighted by Crippen LogP contribution is 2.40. The van der Waals surface area contributed by atoms with Gasteiger partial charge in [-0.3, -0.25) is 9.88 Å². The van der Waals surface area contributed by atoms with E-state index in [0.29, 0.717) is 6.04 Å². The van der Waals surface area contributed by atoms with Gasteiger partial charge in [-0.15, -0.1) is 0 Å². The first kappa shape index (κ1) is 16.7. The van der Waals surface area contributed by atoms with Crippen molar-refractivity contribution in [3.05, 3.63) is 71.9 Å². The number of aromatic nitrogens is 1. The summed E-state index contributed by atoms with van der Waals surface area (Å²) in [7, 11) is 0. The molecule has 0 saturated carbocycles. The van der Waals surface area contributed by atoms with Crippen molar-refractivity contribution < 1.29 is 4.74 Å². The number of hydrogen-bond acceptors (Lipinski definition) is 4. The lowest BCUT2D eigenvalue weighted by molar-refractivity contribution is 0.0602. The summed E-state index contributed by atoms with van der Waals surface area (Å²) in [6.07, 6.45) is 5.17. The van der Waals surface area contributed by atoms with Crippen LogP contribution < -0.4 is 10.5 Å². The predicted molar refractivity (Wildman–Crippen MR) is 108 cm³/mol. The van der Waals surface area contributed by atoms with Crippen molar-refractivity contribution >= 4 is 10.9 Å². The summed E-state index contributed by atoms with van der Waals surface area (Å²) in [6, 6.07) is 19.5. The van der Waals surface area contributed by atoms with Crippen LogP contribution in [0.3, 0.4) is 0 Å². The van der Waals surface area contributed by atoms with Gasteiger partial charge in [0.1, 0.15) is 11.9 Å². The van der Waals surface area contributed by atoms with Gasteiger partial charge in [-0.2, -0.15) is 0 Å². The number of nitrogens with zero attached hydrogens (tertiary/aromatic N) is 2. The van der Waals surface area contributed by atoms with Gasteiger partial charge in [0.15, 0.2) is 0 Å². The number of rotatable bonds is 3. The minimum atomic E-state index is 0.0253. The highest BCUT2D eigenvalue weighted by Gasteiger charge is 2.39. The van der Waals surface area contributed by atoms with Gasteiger partial charge in [-0.25, -0.2) is 0 Å². The Hall–Kier alpha value is -2.43. The molecule has 5 rings (SSSR count). The number of nitrogens with two attached hydrogens (primary N) is 1. The fourth-order valence-corrected chi connectivity index (χ4v) is 4.66. The quantitative estimate of drug-likeness (QED) is 0.775. The van der Waals surface area contributed by atoms with Crippen LogP contribution in [0.15, 0.2) is 60.8 Å². The summed E-state index contributed by atoms with van der Waals surface area (Å²) in [5.74, 6) is 0.911. The van der Waals surface area contributed by atoms with E-state index in [9.17, 15) is 0 Å². The van der Waals surface area contributed by atoms with Crippen molar-refractivity contribution in [1.82, 2.24) is 9.88 Å². The number of ether oxygens (including phenoxy) is 1. The van der Waals surface area contributed by atoms with Crippen molar-refractivity contribution in [2.75, 3.05) is 13.1 Å². The van der Waals surface area contributed by atoms with Crippen LogP contribution >= 0.6 is 0 Å². The SMILES string of the molecule is N[C@H]1CCCN([C@@H]2Cc3ccccc3[C@H]2Oc2cccc3ncccc23)C1. The van der Waals surface area contributed by atoms with Crippen molar-refractivity contribution in [3.8, 4) is 5.75 Å². The zero-order valence-corrected chi connectivity index (χ0v) is 15.4. The van der Waals surface area contributed by atoms with E-state index in [1.807, 2.05) is 24.4 Å². The van der Waals surface area contributed by atoms with Gasteiger partial charge in [-0.1, -0.05) is 30.3 Å². The Morgan fingerprint density at radius 3 is 2.89 bits per heavy atom. The molecule has 2 heterocycles. The van der Waals surface area contributed by atoms with E-state index < -0.39 is 0 Å². The molecule has 1 aliphatic heterocycles. The zero-order chi connectivity index (χ0) is 18.2. The number of piperidine rings is 1. The summed E-state index contributed by atoms with van der Waals surface area (Å²) < 4.78 is 6.69. The van der Waals surface area contributed by atoms with Crippen LogP contribution in [-0.4, -0.2) is 35.1 Å². The van der Waals surface area contributed by atoms with Gasteiger partial charge >= 0.3 is 0 Å². The van der Waals surface area contributed by atoms with E-state index in [4.69, 9.17) is 10.5 Å². The third-order valence-electron chi connectivity index (χ3n) is 5.96. The van der Waals surface area contributed by atoms with Crippen molar-refractivity contribution in [2.45, 2.75) is 37.5 Å². The number of hydrogen-bond donors (Lipinski definition) is 1. The third kappa shape index (κ3) is 3.09. The van der Waals surface area contributed by atoms with E-state index in [1.165, 1.54) is 17.5 Å². The Kier molecular flexibility index (Phi) is 4.30. The Morgan fingerprint density at radius 2 is 1.96 bits per heavy atom. The first-order valence-electron chi connectivity index (χ1n) is 9.87. The zero-order valence-electron chi connectivity index (χ0n) is 15.4. The summed E-state index contributed by atoms with van der Waals surface area (Å²) in [5.41, 5.74) is 9.95. The highest BCUT2D eigenvalue weighted by atomic mass is 16.5. The van der Waals surface area contributed by atoms with Crippen LogP contribution in [0, 0.1) is 0 Å². The Morgan fingerprint density at radius 1 is 1.04 bits per heavy atom. The molecular weight excluding hydrogens is 334 g/mol. The van der Waals surface area contributed by atoms with Gasteiger partial charge in [0.05, 0.1) is 11.6 Å². The Bertz CT molecular complexity index is 952. The van der Waals surface area contributed by atoms with Gasteiger partial charge in [-0.05, 0) is 61.2 Å². The molecule has 1 saturated heterocycles. The topological polar surface area (TPSA) is 51.4 Å². The smallest absolute Gasteiger partial charge is 0.140 e. The van der Waals surface area contributed by atoms with E-state index in [-0.39, 0.29) is 12.1 Å². The molecule has 0 radical (unpaired) electrons. The minimum absolute atomic E-state index is 0.0253. The van der Waals surface area contributed by atoms with Crippen LogP contribution in [0.4, 0.5) is 0 Å². The lowest BCUT2D eigenvalue weighted by Crippen LogP contribution is -2.49. The number of pyridine rings is 1. The second-order valence-corrected chi connectivity index (χ2v) is 7.73. The van der Waals surface area contributed by atoms with Crippen molar-refractivity contribution in [1.29, 1.82) is 0 Å². The molecule has 27 heavy (non-hydrogen) atoms. The lowest BCUT2D eigenvalue weighted by Gasteiger charge is -2.38. The molecular formula is C23H25N3O. The summed E-state index contributed by atoms with van der Waals surface area (Å²) >= 11 is 0. The van der Waals surface area contributed by atoms with Gasteiger partial charge in [0.2, 0.25) is 0 Å². The predicted octanol–water partition coefficient (Wildman–Crippen LogP) is 3.70. The number of likely N-dealkylation sites (tertiary alicyclic amines) is 1. The highest BCUT2D eigenvalue weighted by molar-refractivity contribution is 5.84. The van der Waals surface area contributed by atoms with Gasteiger partial charge in [0.25, 0.3) is 0 Å². The average molecular weight is 359 g/mol. The molecule has 1 aliphatic carbocycles. The molecule has 1 aromatic heterocycles. The van der Waals surface area contributed by atoms with E-state index in [2.05, 4.69) is 46.3 Å². The van der Waals surface area contributed by atoms with Crippen LogP contribution in [-0.2, 0) is 6.42 Å². The molecule has 2 aliphatic rings. The molecule has 4 heteroatoms. The minimum Gasteiger partial charge on any atom is -0.483 e. The van der Waals surface area contributed by atoms with Gasteiger partial charge < -0.3 is 10.5 Å².